The molecule has 2 saturated heterocycles. The van der Waals surface area contributed by atoms with Gasteiger partial charge in [0, 0.05) is 63.6 Å². The number of hydrogen-bond acceptors (Lipinski definition) is 7. The molecule has 3 atom stereocenters. The van der Waals surface area contributed by atoms with Gasteiger partial charge in [-0.2, -0.15) is 0 Å². The molecule has 1 aromatic carbocycles. The van der Waals surface area contributed by atoms with E-state index in [9.17, 15) is 5.11 Å². The van der Waals surface area contributed by atoms with E-state index in [1.807, 2.05) is 18.3 Å². The minimum absolute atomic E-state index is 0.0550. The number of nitrogens with zero attached hydrogens (tertiary/aromatic N) is 6. The number of phenols is 1. The highest BCUT2D eigenvalue weighted by Gasteiger charge is 2.38. The Balaban J connectivity index is 1.32. The van der Waals surface area contributed by atoms with E-state index in [2.05, 4.69) is 78.6 Å². The van der Waals surface area contributed by atoms with Crippen LogP contribution in [0.25, 0.3) is 11.2 Å². The van der Waals surface area contributed by atoms with Crippen LogP contribution in [0.3, 0.4) is 0 Å². The molecule has 212 valence electrons. The number of benzene rings is 1. The first kappa shape index (κ1) is 28.0. The van der Waals surface area contributed by atoms with Gasteiger partial charge in [-0.05, 0) is 76.5 Å². The standard InChI is InChI=1S/C31H47N7O/c1-7-9-28(38-19-22(2)33-23(3)20-38)30-34-27-16-24(18-32-29(27)36(30)6)21-37-14-12-31(13-15-37,35(4)5)25-10-8-11-26(39)17-25/h8,10-11,16-18,22-23,28,33,39H,7,9,12-15,19-21H2,1-6H3/t22-,23+,28-/m0/s1. The summed E-state index contributed by atoms with van der Waals surface area (Å²) in [6.45, 7) is 11.8. The fourth-order valence-corrected chi connectivity index (χ4v) is 7.02. The molecule has 0 aliphatic carbocycles. The van der Waals surface area contributed by atoms with Gasteiger partial charge in [-0.15, -0.1) is 0 Å². The minimum atomic E-state index is -0.0550. The Morgan fingerprint density at radius 3 is 2.49 bits per heavy atom. The monoisotopic (exact) mass is 533 g/mol. The lowest BCUT2D eigenvalue weighted by Gasteiger charge is -2.46. The highest BCUT2D eigenvalue weighted by Crippen LogP contribution is 2.39. The second kappa shape index (κ2) is 11.5. The van der Waals surface area contributed by atoms with Crippen molar-refractivity contribution in [1.82, 2.24) is 34.6 Å². The van der Waals surface area contributed by atoms with Crippen molar-refractivity contribution in [3.05, 3.63) is 53.5 Å². The molecular formula is C31H47N7O. The first-order valence-electron chi connectivity index (χ1n) is 14.7. The zero-order valence-electron chi connectivity index (χ0n) is 24.7. The maximum Gasteiger partial charge on any atom is 0.159 e. The Kier molecular flexibility index (Phi) is 8.29. The van der Waals surface area contributed by atoms with Gasteiger partial charge in [0.1, 0.15) is 17.1 Å². The Hall–Kier alpha value is -2.52. The van der Waals surface area contributed by atoms with E-state index in [-0.39, 0.29) is 5.54 Å². The zero-order valence-corrected chi connectivity index (χ0v) is 24.7. The van der Waals surface area contributed by atoms with Gasteiger partial charge in [0.15, 0.2) is 5.65 Å². The third-order valence-electron chi connectivity index (χ3n) is 9.02. The molecule has 8 heteroatoms. The quantitative estimate of drug-likeness (QED) is 0.449. The molecule has 2 aliphatic heterocycles. The molecule has 0 radical (unpaired) electrons. The van der Waals surface area contributed by atoms with E-state index in [0.717, 1.165) is 75.4 Å². The third kappa shape index (κ3) is 5.71. The summed E-state index contributed by atoms with van der Waals surface area (Å²) in [6.07, 6.45) is 6.32. The van der Waals surface area contributed by atoms with Gasteiger partial charge < -0.3 is 15.0 Å². The van der Waals surface area contributed by atoms with E-state index in [1.54, 1.807) is 6.07 Å². The average molecular weight is 534 g/mol. The summed E-state index contributed by atoms with van der Waals surface area (Å²) in [7, 11) is 6.44. The predicted molar refractivity (Wildman–Crippen MR) is 158 cm³/mol. The van der Waals surface area contributed by atoms with Gasteiger partial charge in [0.25, 0.3) is 0 Å². The number of aromatic hydroxyl groups is 1. The van der Waals surface area contributed by atoms with Crippen LogP contribution in [0.4, 0.5) is 0 Å². The molecule has 8 nitrogen and oxygen atoms in total. The normalized spacial score (nSPS) is 23.5. The number of phenolic OH excluding ortho intramolecular Hbond substituents is 1. The Morgan fingerprint density at radius 2 is 1.85 bits per heavy atom. The van der Waals surface area contributed by atoms with Gasteiger partial charge in [0.05, 0.1) is 6.04 Å². The summed E-state index contributed by atoms with van der Waals surface area (Å²) in [5.41, 5.74) is 4.34. The lowest BCUT2D eigenvalue weighted by Crippen LogP contribution is -2.55. The maximum absolute atomic E-state index is 10.1. The van der Waals surface area contributed by atoms with Crippen molar-refractivity contribution in [2.75, 3.05) is 40.3 Å². The molecule has 0 bridgehead atoms. The van der Waals surface area contributed by atoms with Crippen molar-refractivity contribution in [2.45, 2.75) is 76.7 Å². The molecule has 0 spiro atoms. The maximum atomic E-state index is 10.1. The van der Waals surface area contributed by atoms with Crippen LogP contribution >= 0.6 is 0 Å². The number of aryl methyl sites for hydroxylation is 1. The lowest BCUT2D eigenvalue weighted by atomic mass is 9.79. The molecule has 0 saturated carbocycles. The van der Waals surface area contributed by atoms with E-state index in [0.29, 0.717) is 23.9 Å². The van der Waals surface area contributed by atoms with E-state index >= 15 is 0 Å². The van der Waals surface area contributed by atoms with Crippen LogP contribution < -0.4 is 5.32 Å². The predicted octanol–water partition coefficient (Wildman–Crippen LogP) is 4.25. The number of fused-ring (bicyclic) bond motifs is 1. The van der Waals surface area contributed by atoms with Crippen LogP contribution in [0.1, 0.15) is 69.4 Å². The number of piperidine rings is 1. The van der Waals surface area contributed by atoms with Crippen molar-refractivity contribution in [2.24, 2.45) is 7.05 Å². The Labute approximate surface area is 234 Å². The van der Waals surface area contributed by atoms with Crippen LogP contribution in [-0.4, -0.2) is 86.7 Å². The van der Waals surface area contributed by atoms with Crippen molar-refractivity contribution >= 4 is 11.2 Å². The number of likely N-dealkylation sites (tertiary alicyclic amines) is 1. The SMILES string of the molecule is CCC[C@@H](c1nc2cc(CN3CCC(c4cccc(O)c4)(N(C)C)CC3)cnc2n1C)N1C[C@@H](C)N[C@@H](C)C1. The second-order valence-electron chi connectivity index (χ2n) is 12.2. The molecule has 3 aromatic rings. The molecule has 39 heavy (non-hydrogen) atoms. The van der Waals surface area contributed by atoms with E-state index < -0.39 is 0 Å². The van der Waals surface area contributed by atoms with Crippen molar-refractivity contribution in [3.8, 4) is 5.75 Å². The van der Waals surface area contributed by atoms with Gasteiger partial charge in [-0.25, -0.2) is 9.97 Å². The van der Waals surface area contributed by atoms with Crippen molar-refractivity contribution in [3.63, 3.8) is 0 Å². The highest BCUT2D eigenvalue weighted by molar-refractivity contribution is 5.72. The largest absolute Gasteiger partial charge is 0.508 e. The third-order valence-corrected chi connectivity index (χ3v) is 9.02. The molecule has 2 aromatic heterocycles. The van der Waals surface area contributed by atoms with Crippen molar-refractivity contribution < 1.29 is 5.11 Å². The molecule has 2 aliphatic rings. The molecule has 5 rings (SSSR count). The Morgan fingerprint density at radius 1 is 1.13 bits per heavy atom. The number of imidazole rings is 1. The molecule has 2 fully saturated rings. The van der Waals surface area contributed by atoms with Gasteiger partial charge in [-0.1, -0.05) is 25.5 Å². The summed E-state index contributed by atoms with van der Waals surface area (Å²) in [5.74, 6) is 1.48. The molecule has 0 amide bonds. The van der Waals surface area contributed by atoms with Gasteiger partial charge in [0.2, 0.25) is 0 Å². The summed E-state index contributed by atoms with van der Waals surface area (Å²) in [4.78, 5) is 17.6. The summed E-state index contributed by atoms with van der Waals surface area (Å²) in [6, 6.07) is 11.3. The van der Waals surface area contributed by atoms with Crippen LogP contribution in [0, 0.1) is 0 Å². The topological polar surface area (TPSA) is 72.7 Å². The van der Waals surface area contributed by atoms with Crippen molar-refractivity contribution in [1.29, 1.82) is 0 Å². The van der Waals surface area contributed by atoms with Crippen LogP contribution in [0.2, 0.25) is 0 Å². The second-order valence-corrected chi connectivity index (χ2v) is 12.2. The number of rotatable bonds is 8. The van der Waals surface area contributed by atoms with Crippen LogP contribution in [0.5, 0.6) is 5.75 Å². The van der Waals surface area contributed by atoms with Gasteiger partial charge >= 0.3 is 0 Å². The zero-order chi connectivity index (χ0) is 27.7. The molecule has 2 N–H and O–H groups in total. The van der Waals surface area contributed by atoms with E-state index in [4.69, 9.17) is 9.97 Å². The first-order chi connectivity index (χ1) is 18.7. The number of hydrogen-bond donors (Lipinski definition) is 2. The average Bonchev–Trinajstić information content (AvgIpc) is 3.22. The van der Waals surface area contributed by atoms with Crippen LogP contribution in [-0.2, 0) is 19.1 Å². The summed E-state index contributed by atoms with van der Waals surface area (Å²) < 4.78 is 2.22. The fourth-order valence-electron chi connectivity index (χ4n) is 7.02. The summed E-state index contributed by atoms with van der Waals surface area (Å²) >= 11 is 0. The first-order valence-corrected chi connectivity index (χ1v) is 14.7. The fraction of sp³-hybridized carbons (Fsp3) is 0.613. The highest BCUT2D eigenvalue weighted by atomic mass is 16.3. The minimum Gasteiger partial charge on any atom is -0.508 e. The lowest BCUT2D eigenvalue weighted by molar-refractivity contribution is 0.0505. The summed E-state index contributed by atoms with van der Waals surface area (Å²) in [5, 5.41) is 13.8. The van der Waals surface area contributed by atoms with E-state index in [1.165, 1.54) is 11.1 Å². The van der Waals surface area contributed by atoms with Crippen LogP contribution in [0.15, 0.2) is 36.5 Å². The molecule has 0 unspecified atom stereocenters. The number of pyridine rings is 1. The number of nitrogens with one attached hydrogen (secondary N) is 1. The molecular weight excluding hydrogens is 486 g/mol. The Bertz CT molecular complexity index is 1250. The smallest absolute Gasteiger partial charge is 0.159 e. The number of piperazine rings is 1. The molecule has 4 heterocycles. The number of aromatic nitrogens is 3. The van der Waals surface area contributed by atoms with Gasteiger partial charge in [-0.3, -0.25) is 14.7 Å².